The van der Waals surface area contributed by atoms with Gasteiger partial charge in [-0.15, -0.1) is 0 Å². The highest BCUT2D eigenvalue weighted by molar-refractivity contribution is 7.99. The maximum atomic E-state index is 12.5. The van der Waals surface area contributed by atoms with Crippen LogP contribution in [-0.2, 0) is 0 Å². The molecule has 3 N–H and O–H groups in total. The highest BCUT2D eigenvalue weighted by Crippen LogP contribution is 2.33. The number of nitrogens with two attached hydrogens (primary N) is 1. The fourth-order valence-corrected chi connectivity index (χ4v) is 2.26. The van der Waals surface area contributed by atoms with E-state index in [0.29, 0.717) is 39.3 Å². The number of alkyl halides is 2. The van der Waals surface area contributed by atoms with E-state index < -0.39 is 5.76 Å². The zero-order valence-corrected chi connectivity index (χ0v) is 11.1. The van der Waals surface area contributed by atoms with Crippen LogP contribution in [0.5, 0.6) is 0 Å². The summed E-state index contributed by atoms with van der Waals surface area (Å²) in [6.07, 6.45) is 0. The second kappa shape index (κ2) is 6.26. The van der Waals surface area contributed by atoms with E-state index in [1.165, 1.54) is 0 Å². The van der Waals surface area contributed by atoms with E-state index in [2.05, 4.69) is 5.32 Å². The molecule has 20 heavy (non-hydrogen) atoms. The Kier molecular flexibility index (Phi) is 4.43. The molecule has 0 saturated carbocycles. The van der Waals surface area contributed by atoms with Gasteiger partial charge in [0.15, 0.2) is 0 Å². The molecule has 0 spiro atoms. The Morgan fingerprint density at radius 2 is 1.95 bits per heavy atom. The lowest BCUT2D eigenvalue weighted by atomic mass is 10.2. The Bertz CT molecular complexity index is 653. The van der Waals surface area contributed by atoms with Gasteiger partial charge in [-0.3, -0.25) is 0 Å². The van der Waals surface area contributed by atoms with Crippen LogP contribution in [0.25, 0.3) is 0 Å². The van der Waals surface area contributed by atoms with Crippen molar-refractivity contribution < 1.29 is 8.78 Å². The van der Waals surface area contributed by atoms with Crippen molar-refractivity contribution >= 4 is 28.8 Å². The van der Waals surface area contributed by atoms with Crippen molar-refractivity contribution in [3.8, 4) is 6.07 Å². The molecule has 0 atom stereocenters. The van der Waals surface area contributed by atoms with Gasteiger partial charge in [0, 0.05) is 10.6 Å². The third-order valence-corrected chi connectivity index (χ3v) is 3.34. The van der Waals surface area contributed by atoms with Crippen molar-refractivity contribution in [1.29, 1.82) is 5.26 Å². The lowest BCUT2D eigenvalue weighted by molar-refractivity contribution is 0.252. The summed E-state index contributed by atoms with van der Waals surface area (Å²) in [5, 5.41) is 11.8. The van der Waals surface area contributed by atoms with Crippen LogP contribution in [0, 0.1) is 11.3 Å². The molecule has 0 fully saturated rings. The van der Waals surface area contributed by atoms with Crippen LogP contribution < -0.4 is 11.1 Å². The Morgan fingerprint density at radius 1 is 1.20 bits per heavy atom. The zero-order valence-electron chi connectivity index (χ0n) is 10.3. The summed E-state index contributed by atoms with van der Waals surface area (Å²) in [7, 11) is 0. The van der Waals surface area contributed by atoms with Gasteiger partial charge in [-0.2, -0.15) is 14.0 Å². The smallest absolute Gasteiger partial charge is 0.288 e. The molecule has 0 radical (unpaired) electrons. The van der Waals surface area contributed by atoms with Crippen LogP contribution in [0.3, 0.4) is 0 Å². The van der Waals surface area contributed by atoms with Gasteiger partial charge in [0.05, 0.1) is 16.9 Å². The molecule has 0 amide bonds. The molecule has 0 aliphatic heterocycles. The first kappa shape index (κ1) is 14.2. The van der Waals surface area contributed by atoms with Gasteiger partial charge >= 0.3 is 0 Å². The number of rotatable bonds is 4. The lowest BCUT2D eigenvalue weighted by Gasteiger charge is -2.12. The summed E-state index contributed by atoms with van der Waals surface area (Å²) in [5.74, 6) is -2.48. The van der Waals surface area contributed by atoms with Crippen molar-refractivity contribution in [2.24, 2.45) is 0 Å². The third-order valence-electron chi connectivity index (χ3n) is 2.55. The number of para-hydroxylation sites is 1. The Balaban J connectivity index is 2.26. The molecule has 2 aromatic rings. The molecule has 0 unspecified atom stereocenters. The standard InChI is InChI=1S/C14H11F2N3S/c15-14(16)20-13-4-2-1-3-12(13)19-10-6-5-9(8-17)11(18)7-10/h1-7,14,19H,18H2. The van der Waals surface area contributed by atoms with E-state index >= 15 is 0 Å². The van der Waals surface area contributed by atoms with Crippen LogP contribution >= 0.6 is 11.8 Å². The van der Waals surface area contributed by atoms with E-state index in [9.17, 15) is 8.78 Å². The van der Waals surface area contributed by atoms with E-state index in [-0.39, 0.29) is 0 Å². The van der Waals surface area contributed by atoms with Crippen LogP contribution in [0.15, 0.2) is 47.4 Å². The number of nitrogens with zero attached hydrogens (tertiary/aromatic N) is 1. The third kappa shape index (κ3) is 3.39. The molecule has 0 aliphatic carbocycles. The largest absolute Gasteiger partial charge is 0.398 e. The predicted molar refractivity (Wildman–Crippen MR) is 77.2 cm³/mol. The molecule has 2 aromatic carbocycles. The van der Waals surface area contributed by atoms with Crippen molar-refractivity contribution in [3.05, 3.63) is 48.0 Å². The highest BCUT2D eigenvalue weighted by Gasteiger charge is 2.10. The van der Waals surface area contributed by atoms with Crippen molar-refractivity contribution in [1.82, 2.24) is 0 Å². The van der Waals surface area contributed by atoms with Gasteiger partial charge in [-0.25, -0.2) is 0 Å². The first-order valence-electron chi connectivity index (χ1n) is 5.70. The Labute approximate surface area is 119 Å². The number of anilines is 3. The fourth-order valence-electron chi connectivity index (χ4n) is 1.67. The van der Waals surface area contributed by atoms with Gasteiger partial charge in [-0.1, -0.05) is 23.9 Å². The molecule has 3 nitrogen and oxygen atoms in total. The maximum Gasteiger partial charge on any atom is 0.288 e. The number of nitrogen functional groups attached to an aromatic ring is 1. The van der Waals surface area contributed by atoms with Crippen LogP contribution in [0.1, 0.15) is 5.56 Å². The lowest BCUT2D eigenvalue weighted by Crippen LogP contribution is -1.96. The number of hydrogen-bond donors (Lipinski definition) is 2. The summed E-state index contributed by atoms with van der Waals surface area (Å²) in [4.78, 5) is 0.449. The van der Waals surface area contributed by atoms with Gasteiger partial charge in [0.1, 0.15) is 6.07 Å². The second-order valence-electron chi connectivity index (χ2n) is 3.91. The monoisotopic (exact) mass is 291 g/mol. The van der Waals surface area contributed by atoms with Gasteiger partial charge in [0.25, 0.3) is 5.76 Å². The molecule has 2 rings (SSSR count). The molecule has 0 heterocycles. The molecule has 102 valence electrons. The summed E-state index contributed by atoms with van der Waals surface area (Å²) in [5.41, 5.74) is 7.65. The van der Waals surface area contributed by atoms with E-state index in [1.807, 2.05) is 6.07 Å². The van der Waals surface area contributed by atoms with Crippen molar-refractivity contribution in [3.63, 3.8) is 0 Å². The number of nitrogens with one attached hydrogen (secondary N) is 1. The van der Waals surface area contributed by atoms with Crippen LogP contribution in [-0.4, -0.2) is 5.76 Å². The number of thioether (sulfide) groups is 1. The molecular weight excluding hydrogens is 280 g/mol. The number of nitriles is 1. The molecule has 0 bridgehead atoms. The first-order valence-corrected chi connectivity index (χ1v) is 6.58. The SMILES string of the molecule is N#Cc1ccc(Nc2ccccc2SC(F)F)cc1N. The van der Waals surface area contributed by atoms with Gasteiger partial charge in [-0.05, 0) is 30.3 Å². The Morgan fingerprint density at radius 3 is 2.60 bits per heavy atom. The first-order chi connectivity index (χ1) is 9.60. The normalized spacial score (nSPS) is 10.3. The number of hydrogen-bond acceptors (Lipinski definition) is 4. The van der Waals surface area contributed by atoms with Crippen molar-refractivity contribution in [2.45, 2.75) is 10.7 Å². The van der Waals surface area contributed by atoms with E-state index in [4.69, 9.17) is 11.0 Å². The van der Waals surface area contributed by atoms with Gasteiger partial charge in [0.2, 0.25) is 0 Å². The minimum absolute atomic E-state index is 0.344. The number of halogens is 2. The predicted octanol–water partition coefficient (Wildman–Crippen LogP) is 4.20. The molecule has 6 heteroatoms. The fraction of sp³-hybridized carbons (Fsp3) is 0.0714. The van der Waals surface area contributed by atoms with Crippen LogP contribution in [0.4, 0.5) is 25.8 Å². The summed E-state index contributed by atoms with van der Waals surface area (Å²) < 4.78 is 25.0. The van der Waals surface area contributed by atoms with Crippen LogP contribution in [0.2, 0.25) is 0 Å². The van der Waals surface area contributed by atoms with Crippen molar-refractivity contribution in [2.75, 3.05) is 11.1 Å². The summed E-state index contributed by atoms with van der Waals surface area (Å²) in [6, 6.07) is 13.6. The minimum Gasteiger partial charge on any atom is -0.398 e. The number of benzene rings is 2. The topological polar surface area (TPSA) is 61.8 Å². The molecule has 0 aliphatic rings. The van der Waals surface area contributed by atoms with Gasteiger partial charge < -0.3 is 11.1 Å². The van der Waals surface area contributed by atoms with E-state index in [0.717, 1.165) is 0 Å². The zero-order chi connectivity index (χ0) is 14.5. The van der Waals surface area contributed by atoms with E-state index in [1.54, 1.807) is 42.5 Å². The second-order valence-corrected chi connectivity index (χ2v) is 4.95. The molecule has 0 saturated heterocycles. The quantitative estimate of drug-likeness (QED) is 0.654. The summed E-state index contributed by atoms with van der Waals surface area (Å²) in [6.45, 7) is 0. The maximum absolute atomic E-state index is 12.5. The average Bonchev–Trinajstić information content (AvgIpc) is 2.41. The Hall–Kier alpha value is -2.26. The summed E-state index contributed by atoms with van der Waals surface area (Å²) >= 11 is 0.477. The average molecular weight is 291 g/mol. The minimum atomic E-state index is -2.48. The highest BCUT2D eigenvalue weighted by atomic mass is 32.2. The molecule has 0 aromatic heterocycles. The molecular formula is C14H11F2N3S.